The van der Waals surface area contributed by atoms with Gasteiger partial charge in [-0.25, -0.2) is 9.97 Å². The molecule has 0 bridgehead atoms. The molecule has 1 saturated carbocycles. The van der Waals surface area contributed by atoms with Crippen LogP contribution in [0.25, 0.3) is 0 Å². The average Bonchev–Trinajstić information content (AvgIpc) is 3.39. The van der Waals surface area contributed by atoms with Crippen molar-refractivity contribution in [1.29, 1.82) is 0 Å². The Morgan fingerprint density at radius 1 is 1.12 bits per heavy atom. The van der Waals surface area contributed by atoms with Gasteiger partial charge in [-0.1, -0.05) is 31.4 Å². The number of halogens is 1. The highest BCUT2D eigenvalue weighted by atomic mass is 35.5. The summed E-state index contributed by atoms with van der Waals surface area (Å²) in [5.74, 6) is -2.23. The van der Waals surface area contributed by atoms with E-state index in [0.29, 0.717) is 29.3 Å². The number of likely N-dealkylation sites (N-methyl/N-ethyl adjacent to an activating group) is 1. The van der Waals surface area contributed by atoms with Crippen molar-refractivity contribution in [2.45, 2.75) is 70.0 Å². The fourth-order valence-electron chi connectivity index (χ4n) is 5.47. The molecule has 3 heterocycles. The number of amides is 4. The molecule has 41 heavy (non-hydrogen) atoms. The molecule has 0 aromatic carbocycles. The van der Waals surface area contributed by atoms with E-state index in [-0.39, 0.29) is 29.6 Å². The second-order valence-electron chi connectivity index (χ2n) is 10.9. The number of hydrogen-bond donors (Lipinski definition) is 3. The summed E-state index contributed by atoms with van der Waals surface area (Å²) in [6.45, 7) is 3.06. The number of rotatable bonds is 8. The molecule has 4 amide bonds. The normalized spacial score (nSPS) is 22.4. The number of carbonyl (C=O) groups excluding carboxylic acids is 4. The molecular formula is C28H38ClN7O4S. The molecule has 1 aliphatic heterocycles. The topological polar surface area (TPSA) is 137 Å². The number of anilines is 1. The number of nitrogens with one attached hydrogen (secondary N) is 3. The smallest absolute Gasteiger partial charge is 0.314 e. The summed E-state index contributed by atoms with van der Waals surface area (Å²) in [5.41, 5.74) is 0.973. The minimum absolute atomic E-state index is 0.0351. The monoisotopic (exact) mass is 603 g/mol. The van der Waals surface area contributed by atoms with Gasteiger partial charge in [-0.05, 0) is 44.9 Å². The van der Waals surface area contributed by atoms with Gasteiger partial charge >= 0.3 is 11.8 Å². The van der Waals surface area contributed by atoms with Crippen LogP contribution in [0.3, 0.4) is 0 Å². The van der Waals surface area contributed by atoms with Crippen LogP contribution in [-0.4, -0.2) is 83.2 Å². The summed E-state index contributed by atoms with van der Waals surface area (Å²) in [7, 11) is 5.51. The lowest BCUT2D eigenvalue weighted by Gasteiger charge is -2.37. The van der Waals surface area contributed by atoms with Crippen molar-refractivity contribution in [2.24, 2.45) is 5.92 Å². The van der Waals surface area contributed by atoms with E-state index in [1.807, 2.05) is 0 Å². The van der Waals surface area contributed by atoms with Gasteiger partial charge in [0.25, 0.3) is 5.91 Å². The van der Waals surface area contributed by atoms with Gasteiger partial charge in [0.1, 0.15) is 5.82 Å². The van der Waals surface area contributed by atoms with Crippen LogP contribution in [0.15, 0.2) is 18.3 Å². The van der Waals surface area contributed by atoms with Gasteiger partial charge in [-0.2, -0.15) is 0 Å². The highest BCUT2D eigenvalue weighted by molar-refractivity contribution is 7.13. The molecule has 11 nitrogen and oxygen atoms in total. The minimum Gasteiger partial charge on any atom is -0.349 e. The number of pyridine rings is 1. The summed E-state index contributed by atoms with van der Waals surface area (Å²) < 4.78 is 0. The molecule has 1 fully saturated rings. The molecule has 13 heteroatoms. The summed E-state index contributed by atoms with van der Waals surface area (Å²) >= 11 is 7.26. The van der Waals surface area contributed by atoms with Gasteiger partial charge in [-0.15, -0.1) is 11.3 Å². The molecule has 1 aliphatic carbocycles. The highest BCUT2D eigenvalue weighted by Gasteiger charge is 2.38. The Morgan fingerprint density at radius 3 is 2.59 bits per heavy atom. The Morgan fingerprint density at radius 2 is 1.90 bits per heavy atom. The third-order valence-electron chi connectivity index (χ3n) is 7.74. The van der Waals surface area contributed by atoms with Crippen LogP contribution < -0.4 is 16.0 Å². The van der Waals surface area contributed by atoms with E-state index < -0.39 is 23.9 Å². The molecule has 4 atom stereocenters. The standard InChI is InChI=1S/C28H38ClN7O4S/c1-5-6-7-21-23-19(12-13-36(21)4)33-27(41-23)26(39)32-20-14-16(28(40)35(2)3)8-10-18(20)31-24(37)25(38)34-22-11-9-17(29)15-30-22/h9,11,15-16,18,20-21H,5-8,10,12-14H2,1-4H3,(H,31,37)(H,32,39)(H,30,34,38)/t16-,18-,20+,21?/m0/s1. The largest absolute Gasteiger partial charge is 0.349 e. The van der Waals surface area contributed by atoms with Gasteiger partial charge in [0.05, 0.1) is 16.8 Å². The molecule has 1 unspecified atom stereocenters. The SMILES string of the molecule is CCCCC1c2sc(C(=O)N[C@@H]3C[C@@H](C(=O)N(C)C)CC[C@@H]3NC(=O)C(=O)Nc3ccc(Cl)cn3)nc2CCN1C. The van der Waals surface area contributed by atoms with E-state index in [1.165, 1.54) is 28.5 Å². The Balaban J connectivity index is 1.48. The van der Waals surface area contributed by atoms with E-state index in [1.54, 1.807) is 20.2 Å². The quantitative estimate of drug-likeness (QED) is 0.395. The van der Waals surface area contributed by atoms with Gasteiger partial charge in [0.15, 0.2) is 5.01 Å². The molecule has 3 N–H and O–H groups in total. The predicted molar refractivity (Wildman–Crippen MR) is 158 cm³/mol. The first kappa shape index (κ1) is 30.9. The number of thiazole rings is 1. The first-order chi connectivity index (χ1) is 19.6. The lowest BCUT2D eigenvalue weighted by Crippen LogP contribution is -2.57. The second-order valence-corrected chi connectivity index (χ2v) is 12.4. The van der Waals surface area contributed by atoms with Crippen molar-refractivity contribution in [3.63, 3.8) is 0 Å². The second kappa shape index (κ2) is 13.7. The lowest BCUT2D eigenvalue weighted by atomic mass is 9.81. The lowest BCUT2D eigenvalue weighted by molar-refractivity contribution is -0.137. The van der Waals surface area contributed by atoms with Crippen molar-refractivity contribution >= 4 is 52.4 Å². The van der Waals surface area contributed by atoms with Crippen LogP contribution in [0.5, 0.6) is 0 Å². The van der Waals surface area contributed by atoms with Crippen molar-refractivity contribution < 1.29 is 19.2 Å². The van der Waals surface area contributed by atoms with E-state index in [4.69, 9.17) is 16.6 Å². The Bertz CT molecular complexity index is 1270. The summed E-state index contributed by atoms with van der Waals surface area (Å²) in [5, 5.41) is 9.03. The van der Waals surface area contributed by atoms with Crippen LogP contribution in [0.1, 0.15) is 71.9 Å². The van der Waals surface area contributed by atoms with Crippen molar-refractivity contribution in [2.75, 3.05) is 33.0 Å². The Labute approximate surface area is 249 Å². The molecule has 4 rings (SSSR count). The average molecular weight is 604 g/mol. The molecule has 2 aromatic heterocycles. The third kappa shape index (κ3) is 7.60. The van der Waals surface area contributed by atoms with Crippen LogP contribution >= 0.6 is 22.9 Å². The van der Waals surface area contributed by atoms with Crippen molar-refractivity contribution in [3.05, 3.63) is 38.9 Å². The van der Waals surface area contributed by atoms with Gasteiger partial charge in [-0.3, -0.25) is 24.1 Å². The van der Waals surface area contributed by atoms with Crippen molar-refractivity contribution in [3.8, 4) is 0 Å². The number of unbranched alkanes of at least 4 members (excludes halogenated alkanes) is 1. The molecule has 2 aliphatic rings. The number of fused-ring (bicyclic) bond motifs is 1. The molecule has 0 saturated heterocycles. The van der Waals surface area contributed by atoms with Crippen LogP contribution in [0, 0.1) is 5.92 Å². The van der Waals surface area contributed by atoms with Gasteiger partial charge in [0.2, 0.25) is 5.91 Å². The number of carbonyl (C=O) groups is 4. The zero-order chi connectivity index (χ0) is 29.7. The zero-order valence-electron chi connectivity index (χ0n) is 23.9. The van der Waals surface area contributed by atoms with E-state index in [0.717, 1.165) is 42.8 Å². The third-order valence-corrected chi connectivity index (χ3v) is 9.16. The molecule has 2 aromatic rings. The van der Waals surface area contributed by atoms with Crippen LogP contribution in [0.4, 0.5) is 5.82 Å². The number of hydrogen-bond acceptors (Lipinski definition) is 8. The Kier molecular flexibility index (Phi) is 10.3. The predicted octanol–water partition coefficient (Wildman–Crippen LogP) is 3.02. The van der Waals surface area contributed by atoms with Crippen LogP contribution in [-0.2, 0) is 20.8 Å². The number of aromatic nitrogens is 2. The summed E-state index contributed by atoms with van der Waals surface area (Å²) in [6.07, 6.45) is 6.64. The maximum Gasteiger partial charge on any atom is 0.314 e. The van der Waals surface area contributed by atoms with Crippen molar-refractivity contribution in [1.82, 2.24) is 30.4 Å². The fraction of sp³-hybridized carbons (Fsp3) is 0.571. The molecular weight excluding hydrogens is 566 g/mol. The van der Waals surface area contributed by atoms with Crippen LogP contribution in [0.2, 0.25) is 5.02 Å². The zero-order valence-corrected chi connectivity index (χ0v) is 25.5. The first-order valence-corrected chi connectivity index (χ1v) is 15.2. The van der Waals surface area contributed by atoms with E-state index in [2.05, 4.69) is 39.8 Å². The summed E-state index contributed by atoms with van der Waals surface area (Å²) in [4.78, 5) is 65.3. The van der Waals surface area contributed by atoms with Gasteiger partial charge in [0, 0.05) is 56.1 Å². The van der Waals surface area contributed by atoms with E-state index >= 15 is 0 Å². The number of nitrogens with zero attached hydrogens (tertiary/aromatic N) is 4. The maximum absolute atomic E-state index is 13.5. The highest BCUT2D eigenvalue weighted by Crippen LogP contribution is 2.37. The maximum atomic E-state index is 13.5. The first-order valence-electron chi connectivity index (χ1n) is 14.0. The van der Waals surface area contributed by atoms with E-state index in [9.17, 15) is 19.2 Å². The molecule has 0 radical (unpaired) electrons. The minimum atomic E-state index is -0.883. The van der Waals surface area contributed by atoms with Gasteiger partial charge < -0.3 is 20.9 Å². The molecule has 222 valence electrons. The Hall–Kier alpha value is -3.09. The fourth-order valence-corrected chi connectivity index (χ4v) is 6.79. The summed E-state index contributed by atoms with van der Waals surface area (Å²) in [6, 6.07) is 2.19. The molecule has 0 spiro atoms.